The first-order chi connectivity index (χ1) is 13.7. The van der Waals surface area contributed by atoms with Gasteiger partial charge in [-0.15, -0.1) is 0 Å². The maximum atomic E-state index is 15.2. The van der Waals surface area contributed by atoms with Crippen LogP contribution >= 0.6 is 0 Å². The van der Waals surface area contributed by atoms with Gasteiger partial charge in [0.1, 0.15) is 11.4 Å². The molecule has 0 aliphatic carbocycles. The van der Waals surface area contributed by atoms with Crippen LogP contribution in [-0.4, -0.2) is 57.1 Å². The van der Waals surface area contributed by atoms with Crippen LogP contribution in [0.4, 0.5) is 10.1 Å². The fourth-order valence-corrected chi connectivity index (χ4v) is 4.42. The molecule has 0 bridgehead atoms. The van der Waals surface area contributed by atoms with Gasteiger partial charge in [-0.05, 0) is 37.8 Å². The first-order valence-electron chi connectivity index (χ1n) is 9.48. The maximum absolute atomic E-state index is 15.2. The number of aryl methyl sites for hydroxylation is 1. The van der Waals surface area contributed by atoms with E-state index in [4.69, 9.17) is 4.74 Å². The molecule has 0 amide bonds. The molecule has 0 saturated carbocycles. The largest absolute Gasteiger partial charge is 0.482 e. The van der Waals surface area contributed by atoms with Crippen molar-refractivity contribution in [1.82, 2.24) is 9.29 Å². The number of nitrogens with zero attached hydrogens (tertiary/aromatic N) is 2. The van der Waals surface area contributed by atoms with Crippen LogP contribution in [-0.2, 0) is 16.6 Å². The zero-order valence-corrected chi connectivity index (χ0v) is 17.6. The van der Waals surface area contributed by atoms with Crippen molar-refractivity contribution in [2.45, 2.75) is 32.7 Å². The van der Waals surface area contributed by atoms with Gasteiger partial charge < -0.3 is 19.3 Å². The molecule has 2 aromatic rings. The molecule has 1 fully saturated rings. The quantitative estimate of drug-likeness (QED) is 0.703. The number of rotatable bonds is 7. The van der Waals surface area contributed by atoms with E-state index in [1.165, 1.54) is 7.11 Å². The number of hydrogen-bond acceptors (Lipinski definition) is 5. The average Bonchev–Trinajstić information content (AvgIpc) is 2.95. The summed E-state index contributed by atoms with van der Waals surface area (Å²) in [4.78, 5) is 14.0. The lowest BCUT2D eigenvalue weighted by Gasteiger charge is -2.30. The highest BCUT2D eigenvalue weighted by Gasteiger charge is 2.30. The molecule has 1 aliphatic heterocycles. The highest BCUT2D eigenvalue weighted by molar-refractivity contribution is 7.88. The molecule has 3 rings (SSSR count). The zero-order valence-electron chi connectivity index (χ0n) is 16.8. The highest BCUT2D eigenvalue weighted by atomic mass is 32.2. The molecule has 1 aromatic carbocycles. The molecular formula is C19H26FN3O5S. The van der Waals surface area contributed by atoms with Crippen molar-refractivity contribution in [2.75, 3.05) is 37.9 Å². The number of nitrogens with one attached hydrogen (secondary N) is 1. The standard InChI is InChI=1S/C19H26FN3O5S/c1-12-11-13-14(17(16(12)20)22-8-5-4-6-9-22)15(19(24)25)18(28-2)23(13)10-7-21-29(3,26)27/h11,21H,4-10H2,1-3H3,(H,24,25). The Labute approximate surface area is 169 Å². The molecule has 0 spiro atoms. The summed E-state index contributed by atoms with van der Waals surface area (Å²) < 4.78 is 47.4. The number of anilines is 1. The van der Waals surface area contributed by atoms with Crippen LogP contribution in [0.5, 0.6) is 5.88 Å². The van der Waals surface area contributed by atoms with Gasteiger partial charge in [0.25, 0.3) is 0 Å². The van der Waals surface area contributed by atoms with Crippen molar-refractivity contribution in [3.05, 3.63) is 23.0 Å². The van der Waals surface area contributed by atoms with E-state index in [0.29, 0.717) is 29.6 Å². The van der Waals surface area contributed by atoms with Crippen molar-refractivity contribution >= 4 is 32.6 Å². The Morgan fingerprint density at radius 2 is 1.97 bits per heavy atom. The fourth-order valence-electron chi connectivity index (χ4n) is 3.96. The molecule has 10 heteroatoms. The summed E-state index contributed by atoms with van der Waals surface area (Å²) in [6.45, 7) is 3.13. The number of carboxylic acids is 1. The number of aromatic nitrogens is 1. The van der Waals surface area contributed by atoms with Gasteiger partial charge in [-0.2, -0.15) is 0 Å². The number of benzene rings is 1. The predicted octanol–water partition coefficient (Wildman–Crippen LogP) is 2.34. The maximum Gasteiger partial charge on any atom is 0.341 e. The van der Waals surface area contributed by atoms with Gasteiger partial charge >= 0.3 is 5.97 Å². The van der Waals surface area contributed by atoms with Crippen LogP contribution in [0.25, 0.3) is 10.9 Å². The van der Waals surface area contributed by atoms with Crippen molar-refractivity contribution in [3.8, 4) is 5.88 Å². The third-order valence-electron chi connectivity index (χ3n) is 5.18. The second-order valence-electron chi connectivity index (χ2n) is 7.31. The van der Waals surface area contributed by atoms with Crippen LogP contribution in [0.15, 0.2) is 6.07 Å². The number of halogens is 1. The Bertz CT molecular complexity index is 1040. The predicted molar refractivity (Wildman–Crippen MR) is 109 cm³/mol. The van der Waals surface area contributed by atoms with E-state index >= 15 is 4.39 Å². The molecule has 2 heterocycles. The summed E-state index contributed by atoms with van der Waals surface area (Å²) in [7, 11) is -2.05. The molecular weight excluding hydrogens is 401 g/mol. The zero-order chi connectivity index (χ0) is 21.3. The summed E-state index contributed by atoms with van der Waals surface area (Å²) in [5, 5.41) is 10.2. The fraction of sp³-hybridized carbons (Fsp3) is 0.526. The van der Waals surface area contributed by atoms with Gasteiger partial charge in [-0.3, -0.25) is 0 Å². The Morgan fingerprint density at radius 1 is 1.31 bits per heavy atom. The Balaban J connectivity index is 2.26. The number of hydrogen-bond donors (Lipinski definition) is 2. The Kier molecular flexibility index (Phi) is 6.04. The summed E-state index contributed by atoms with van der Waals surface area (Å²) in [6, 6.07) is 1.59. The van der Waals surface area contributed by atoms with Crippen molar-refractivity contribution in [3.63, 3.8) is 0 Å². The first kappa shape index (κ1) is 21.4. The molecule has 8 nitrogen and oxygen atoms in total. The van der Waals surface area contributed by atoms with Crippen LogP contribution in [0.2, 0.25) is 0 Å². The normalized spacial score (nSPS) is 15.1. The molecule has 2 N–H and O–H groups in total. The average molecular weight is 427 g/mol. The minimum absolute atomic E-state index is 0.0491. The Hall–Kier alpha value is -2.33. The minimum Gasteiger partial charge on any atom is -0.482 e. The number of ether oxygens (including phenoxy) is 1. The summed E-state index contributed by atoms with van der Waals surface area (Å²) >= 11 is 0. The number of piperidine rings is 1. The number of methoxy groups -OCH3 is 1. The second kappa shape index (κ2) is 8.19. The third-order valence-corrected chi connectivity index (χ3v) is 5.91. The molecule has 160 valence electrons. The van der Waals surface area contributed by atoms with E-state index < -0.39 is 21.8 Å². The van der Waals surface area contributed by atoms with Crippen LogP contribution in [0.3, 0.4) is 0 Å². The molecule has 0 atom stereocenters. The van der Waals surface area contributed by atoms with Crippen molar-refractivity contribution in [1.29, 1.82) is 0 Å². The van der Waals surface area contributed by atoms with Gasteiger partial charge in [0.15, 0.2) is 0 Å². The SMILES string of the molecule is COc1c(C(=O)O)c2c(N3CCCCC3)c(F)c(C)cc2n1CCNS(C)(=O)=O. The van der Waals surface area contributed by atoms with E-state index in [2.05, 4.69) is 4.72 Å². The number of fused-ring (bicyclic) bond motifs is 1. The van der Waals surface area contributed by atoms with E-state index in [1.54, 1.807) is 17.6 Å². The summed E-state index contributed by atoms with van der Waals surface area (Å²) in [6.07, 6.45) is 3.93. The second-order valence-corrected chi connectivity index (χ2v) is 9.14. The van der Waals surface area contributed by atoms with Crippen LogP contribution in [0, 0.1) is 12.7 Å². The van der Waals surface area contributed by atoms with E-state index in [-0.39, 0.29) is 30.2 Å². The lowest BCUT2D eigenvalue weighted by Crippen LogP contribution is -2.30. The van der Waals surface area contributed by atoms with Gasteiger partial charge in [-0.25, -0.2) is 22.3 Å². The lowest BCUT2D eigenvalue weighted by atomic mass is 10.0. The topological polar surface area (TPSA) is 101 Å². The molecule has 29 heavy (non-hydrogen) atoms. The third kappa shape index (κ3) is 4.18. The van der Waals surface area contributed by atoms with Gasteiger partial charge in [-0.1, -0.05) is 0 Å². The molecule has 1 aliphatic rings. The highest BCUT2D eigenvalue weighted by Crippen LogP contribution is 2.41. The molecule has 0 unspecified atom stereocenters. The summed E-state index contributed by atoms with van der Waals surface area (Å²) in [5.74, 6) is -1.58. The van der Waals surface area contributed by atoms with Crippen LogP contribution < -0.4 is 14.4 Å². The number of aromatic carboxylic acids is 1. The van der Waals surface area contributed by atoms with E-state index in [1.807, 2.05) is 4.90 Å². The van der Waals surface area contributed by atoms with Crippen molar-refractivity contribution in [2.24, 2.45) is 0 Å². The van der Waals surface area contributed by atoms with E-state index in [0.717, 1.165) is 25.5 Å². The van der Waals surface area contributed by atoms with E-state index in [9.17, 15) is 18.3 Å². The van der Waals surface area contributed by atoms with Crippen LogP contribution in [0.1, 0.15) is 35.2 Å². The first-order valence-corrected chi connectivity index (χ1v) is 11.4. The monoisotopic (exact) mass is 427 g/mol. The molecule has 0 radical (unpaired) electrons. The number of carbonyl (C=O) groups is 1. The smallest absolute Gasteiger partial charge is 0.341 e. The molecule has 1 saturated heterocycles. The number of sulfonamides is 1. The van der Waals surface area contributed by atoms with Gasteiger partial charge in [0.2, 0.25) is 15.9 Å². The van der Waals surface area contributed by atoms with Crippen molar-refractivity contribution < 1.29 is 27.4 Å². The van der Waals surface area contributed by atoms with Gasteiger partial charge in [0, 0.05) is 31.6 Å². The summed E-state index contributed by atoms with van der Waals surface area (Å²) in [5.41, 5.74) is 1.08. The Morgan fingerprint density at radius 3 is 2.52 bits per heavy atom. The lowest BCUT2D eigenvalue weighted by molar-refractivity contribution is 0.0694. The minimum atomic E-state index is -3.41. The molecule has 1 aromatic heterocycles. The van der Waals surface area contributed by atoms with Gasteiger partial charge in [0.05, 0.1) is 24.6 Å². The number of carboxylic acid groups (broad SMARTS) is 1.